The van der Waals surface area contributed by atoms with Gasteiger partial charge in [-0.25, -0.2) is 9.78 Å². The Balaban J connectivity index is 1.49. The Morgan fingerprint density at radius 2 is 1.64 bits per heavy atom. The molecular weight excluding hydrogens is 534 g/mol. The van der Waals surface area contributed by atoms with E-state index in [4.69, 9.17) is 9.15 Å². The topological polar surface area (TPSA) is 113 Å². The molecule has 0 bridgehead atoms. The zero-order chi connectivity index (χ0) is 30.2. The van der Waals surface area contributed by atoms with Gasteiger partial charge >= 0.3 is 6.09 Å². The standard InChI is InChI=1S/C33H41N3O6/c1-32(2,3)42-31(39)35(22-20-29(38)36(24-37)27-17-11-6-12-18-27)21-19-28-23-34-30(41-28)33(40,25-13-7-4-8-14-25)26-15-9-5-10-16-26/h4,6-8,11-14,17-18,23-24,26,40H,5,9-10,15-16,19-22H2,1-3H3. The molecule has 1 aromatic heterocycles. The van der Waals surface area contributed by atoms with Gasteiger partial charge in [0.05, 0.1) is 11.9 Å². The normalized spacial score (nSPS) is 15.4. The molecule has 9 heteroatoms. The molecule has 224 valence electrons. The first-order chi connectivity index (χ1) is 20.1. The first-order valence-corrected chi connectivity index (χ1v) is 14.6. The van der Waals surface area contributed by atoms with E-state index in [-0.39, 0.29) is 31.3 Å². The molecule has 1 aliphatic rings. The van der Waals surface area contributed by atoms with Gasteiger partial charge in [-0.15, -0.1) is 0 Å². The van der Waals surface area contributed by atoms with Crippen LogP contribution in [0.4, 0.5) is 10.5 Å². The molecule has 4 rings (SSSR count). The average molecular weight is 576 g/mol. The van der Waals surface area contributed by atoms with Gasteiger partial charge in [0.15, 0.2) is 5.60 Å². The predicted molar refractivity (Wildman–Crippen MR) is 159 cm³/mol. The van der Waals surface area contributed by atoms with Crippen LogP contribution < -0.4 is 4.90 Å². The average Bonchev–Trinajstić information content (AvgIpc) is 3.47. The van der Waals surface area contributed by atoms with Crippen molar-refractivity contribution in [2.75, 3.05) is 18.0 Å². The van der Waals surface area contributed by atoms with Crippen molar-refractivity contribution in [3.05, 3.63) is 84.1 Å². The van der Waals surface area contributed by atoms with Gasteiger partial charge in [0, 0.05) is 31.8 Å². The maximum atomic E-state index is 13.1. The highest BCUT2D eigenvalue weighted by atomic mass is 16.6. The van der Waals surface area contributed by atoms with E-state index in [0.717, 1.165) is 42.6 Å². The van der Waals surface area contributed by atoms with E-state index in [1.165, 1.54) is 4.90 Å². The van der Waals surface area contributed by atoms with Crippen molar-refractivity contribution < 1.29 is 28.6 Å². The Bertz CT molecular complexity index is 1310. The minimum absolute atomic E-state index is 0.0187. The molecule has 1 saturated carbocycles. The maximum Gasteiger partial charge on any atom is 0.410 e. The SMILES string of the molecule is CC(C)(C)OC(=O)N(CCC(=O)N(C=O)c1ccccc1)CCc1cnc(C(O)(c2ccccc2)C2CCCCC2)o1. The number of hydrogen-bond acceptors (Lipinski definition) is 7. The summed E-state index contributed by atoms with van der Waals surface area (Å²) < 4.78 is 11.8. The number of carbonyl (C=O) groups is 3. The van der Waals surface area contributed by atoms with E-state index in [1.807, 2.05) is 30.3 Å². The van der Waals surface area contributed by atoms with Crippen molar-refractivity contribution in [3.63, 3.8) is 0 Å². The predicted octanol–water partition coefficient (Wildman–Crippen LogP) is 5.85. The van der Waals surface area contributed by atoms with E-state index < -0.39 is 23.2 Å². The second-order valence-electron chi connectivity index (χ2n) is 11.8. The van der Waals surface area contributed by atoms with Gasteiger partial charge in [-0.05, 0) is 51.3 Å². The molecule has 1 heterocycles. The fourth-order valence-electron chi connectivity index (χ4n) is 5.41. The van der Waals surface area contributed by atoms with E-state index in [1.54, 1.807) is 57.3 Å². The van der Waals surface area contributed by atoms with Gasteiger partial charge < -0.3 is 19.2 Å². The Kier molecular flexibility index (Phi) is 10.2. The van der Waals surface area contributed by atoms with Crippen molar-refractivity contribution >= 4 is 24.1 Å². The summed E-state index contributed by atoms with van der Waals surface area (Å²) in [5, 5.41) is 12.1. The third-order valence-electron chi connectivity index (χ3n) is 7.57. The number of carbonyl (C=O) groups excluding carboxylic acids is 3. The molecule has 1 fully saturated rings. The molecule has 0 radical (unpaired) electrons. The summed E-state index contributed by atoms with van der Waals surface area (Å²) in [4.78, 5) is 44.7. The van der Waals surface area contributed by atoms with E-state index >= 15 is 0 Å². The number of rotatable bonds is 11. The first-order valence-electron chi connectivity index (χ1n) is 14.6. The number of aromatic nitrogens is 1. The Hall–Kier alpha value is -3.98. The lowest BCUT2D eigenvalue weighted by atomic mass is 9.73. The van der Waals surface area contributed by atoms with Gasteiger partial charge in [0.1, 0.15) is 11.4 Å². The van der Waals surface area contributed by atoms with Crippen molar-refractivity contribution in [1.29, 1.82) is 0 Å². The molecule has 2 aromatic carbocycles. The van der Waals surface area contributed by atoms with E-state index in [9.17, 15) is 19.5 Å². The van der Waals surface area contributed by atoms with Crippen LogP contribution in [0.1, 0.15) is 76.5 Å². The zero-order valence-corrected chi connectivity index (χ0v) is 24.7. The number of nitrogens with zero attached hydrogens (tertiary/aromatic N) is 3. The van der Waals surface area contributed by atoms with Crippen LogP contribution in [0.5, 0.6) is 0 Å². The van der Waals surface area contributed by atoms with Gasteiger partial charge in [-0.2, -0.15) is 0 Å². The molecule has 1 unspecified atom stereocenters. The summed E-state index contributed by atoms with van der Waals surface area (Å²) in [7, 11) is 0. The Labute approximate surface area is 247 Å². The monoisotopic (exact) mass is 575 g/mol. The smallest absolute Gasteiger partial charge is 0.410 e. The van der Waals surface area contributed by atoms with Gasteiger partial charge in [0.2, 0.25) is 18.2 Å². The van der Waals surface area contributed by atoms with Crippen LogP contribution in [-0.2, 0) is 26.3 Å². The fourth-order valence-corrected chi connectivity index (χ4v) is 5.41. The number of amides is 3. The van der Waals surface area contributed by atoms with E-state index in [2.05, 4.69) is 4.98 Å². The highest BCUT2D eigenvalue weighted by molar-refractivity contribution is 6.06. The van der Waals surface area contributed by atoms with E-state index in [0.29, 0.717) is 24.3 Å². The van der Waals surface area contributed by atoms with Crippen molar-refractivity contribution in [3.8, 4) is 0 Å². The number of para-hydroxylation sites is 1. The molecule has 1 N–H and O–H groups in total. The van der Waals surface area contributed by atoms with Crippen LogP contribution in [0.3, 0.4) is 0 Å². The number of anilines is 1. The molecule has 3 amide bonds. The van der Waals surface area contributed by atoms with Crippen LogP contribution in [0.15, 0.2) is 71.3 Å². The van der Waals surface area contributed by atoms with Gasteiger partial charge in [-0.1, -0.05) is 67.8 Å². The lowest BCUT2D eigenvalue weighted by molar-refractivity contribution is -0.122. The summed E-state index contributed by atoms with van der Waals surface area (Å²) in [6.07, 6.45) is 6.71. The maximum absolute atomic E-state index is 13.1. The molecule has 1 atom stereocenters. The summed E-state index contributed by atoms with van der Waals surface area (Å²) in [5.74, 6) is 0.301. The first kappa shape index (κ1) is 31.0. The van der Waals surface area contributed by atoms with Crippen molar-refractivity contribution in [2.45, 2.75) is 76.9 Å². The Morgan fingerprint density at radius 3 is 2.26 bits per heavy atom. The van der Waals surface area contributed by atoms with Gasteiger partial charge in [-0.3, -0.25) is 14.5 Å². The number of aliphatic hydroxyl groups is 1. The summed E-state index contributed by atoms with van der Waals surface area (Å²) in [5.41, 5.74) is -0.881. The van der Waals surface area contributed by atoms with Gasteiger partial charge in [0.25, 0.3) is 0 Å². The lowest BCUT2D eigenvalue weighted by Crippen LogP contribution is -2.40. The summed E-state index contributed by atoms with van der Waals surface area (Å²) in [6, 6.07) is 18.1. The second-order valence-corrected chi connectivity index (χ2v) is 11.8. The number of oxazole rings is 1. The minimum atomic E-state index is -1.35. The molecule has 42 heavy (non-hydrogen) atoms. The zero-order valence-electron chi connectivity index (χ0n) is 24.7. The van der Waals surface area contributed by atoms with Crippen LogP contribution in [0, 0.1) is 5.92 Å². The molecule has 3 aromatic rings. The number of imide groups is 1. The lowest BCUT2D eigenvalue weighted by Gasteiger charge is -2.36. The molecule has 0 aliphatic heterocycles. The van der Waals surface area contributed by atoms with Crippen LogP contribution in [0.2, 0.25) is 0 Å². The number of benzene rings is 2. The summed E-state index contributed by atoms with van der Waals surface area (Å²) >= 11 is 0. The fraction of sp³-hybridized carbons (Fsp3) is 0.455. The highest BCUT2D eigenvalue weighted by Gasteiger charge is 2.44. The second kappa shape index (κ2) is 13.8. The minimum Gasteiger partial charge on any atom is -0.444 e. The summed E-state index contributed by atoms with van der Waals surface area (Å²) in [6.45, 7) is 5.56. The highest BCUT2D eigenvalue weighted by Crippen LogP contribution is 2.43. The van der Waals surface area contributed by atoms with Crippen LogP contribution in [0.25, 0.3) is 0 Å². The number of ether oxygens (including phenoxy) is 1. The Morgan fingerprint density at radius 1 is 1.00 bits per heavy atom. The van der Waals surface area contributed by atoms with Crippen LogP contribution in [-0.4, -0.2) is 52.1 Å². The molecule has 1 aliphatic carbocycles. The molecule has 0 saturated heterocycles. The van der Waals surface area contributed by atoms with Crippen LogP contribution >= 0.6 is 0 Å². The molecule has 9 nitrogen and oxygen atoms in total. The van der Waals surface area contributed by atoms with Crippen molar-refractivity contribution in [2.24, 2.45) is 5.92 Å². The largest absolute Gasteiger partial charge is 0.444 e. The quantitative estimate of drug-likeness (QED) is 0.285. The molecule has 0 spiro atoms. The number of hydrogen-bond donors (Lipinski definition) is 1. The van der Waals surface area contributed by atoms with Crippen molar-refractivity contribution in [1.82, 2.24) is 9.88 Å². The third kappa shape index (κ3) is 7.64. The third-order valence-corrected chi connectivity index (χ3v) is 7.57. The molecular formula is C33H41N3O6.